The second-order valence-electron chi connectivity index (χ2n) is 5.33. The van der Waals surface area contributed by atoms with Crippen molar-refractivity contribution in [1.29, 1.82) is 0 Å². The molecule has 0 heterocycles. The lowest BCUT2D eigenvalue weighted by Gasteiger charge is -2.11. The van der Waals surface area contributed by atoms with Gasteiger partial charge >= 0.3 is 5.97 Å². The first-order chi connectivity index (χ1) is 10.0. The fourth-order valence-electron chi connectivity index (χ4n) is 1.96. The van der Waals surface area contributed by atoms with E-state index in [1.807, 2.05) is 18.2 Å². The predicted molar refractivity (Wildman–Crippen MR) is 83.4 cm³/mol. The van der Waals surface area contributed by atoms with Gasteiger partial charge in [0.1, 0.15) is 5.75 Å². The van der Waals surface area contributed by atoms with E-state index in [0.717, 1.165) is 42.4 Å². The van der Waals surface area contributed by atoms with Crippen LogP contribution in [0.5, 0.6) is 5.75 Å². The van der Waals surface area contributed by atoms with E-state index in [2.05, 4.69) is 13.8 Å². The molecule has 0 aromatic heterocycles. The second-order valence-corrected chi connectivity index (χ2v) is 5.33. The topological polar surface area (TPSA) is 55.8 Å². The van der Waals surface area contributed by atoms with Gasteiger partial charge in [0.15, 0.2) is 0 Å². The molecule has 1 N–H and O–H groups in total. The van der Waals surface area contributed by atoms with Gasteiger partial charge in [0, 0.05) is 18.2 Å². The van der Waals surface area contributed by atoms with Crippen molar-refractivity contribution in [1.82, 2.24) is 0 Å². The van der Waals surface area contributed by atoms with E-state index >= 15 is 0 Å². The minimum absolute atomic E-state index is 0.468. The number of rotatable bonds is 9. The van der Waals surface area contributed by atoms with Gasteiger partial charge in [-0.3, -0.25) is 0 Å². The first-order valence-corrected chi connectivity index (χ1v) is 7.18. The zero-order valence-electron chi connectivity index (χ0n) is 13.0. The Morgan fingerprint density at radius 3 is 2.76 bits per heavy atom. The molecule has 0 bridgehead atoms. The number of carbonyl (C=O) groups is 1. The maximum atomic E-state index is 10.5. The van der Waals surface area contributed by atoms with Crippen LogP contribution in [0.4, 0.5) is 0 Å². The van der Waals surface area contributed by atoms with E-state index in [1.54, 1.807) is 13.2 Å². The van der Waals surface area contributed by atoms with Crippen molar-refractivity contribution in [3.8, 4) is 5.75 Å². The number of hydrogen-bond acceptors (Lipinski definition) is 3. The van der Waals surface area contributed by atoms with Gasteiger partial charge in [-0.05, 0) is 42.5 Å². The molecular weight excluding hydrogens is 268 g/mol. The zero-order valence-corrected chi connectivity index (χ0v) is 13.0. The molecule has 1 rings (SSSR count). The molecule has 0 amide bonds. The van der Waals surface area contributed by atoms with Gasteiger partial charge in [0.05, 0.1) is 13.7 Å². The van der Waals surface area contributed by atoms with E-state index < -0.39 is 5.97 Å². The van der Waals surface area contributed by atoms with Crippen LogP contribution in [-0.4, -0.2) is 24.8 Å². The van der Waals surface area contributed by atoms with Crippen molar-refractivity contribution in [2.75, 3.05) is 13.7 Å². The van der Waals surface area contributed by atoms with E-state index in [-0.39, 0.29) is 0 Å². The predicted octanol–water partition coefficient (Wildman–Crippen LogP) is 3.75. The third-order valence-electron chi connectivity index (χ3n) is 3.05. The van der Waals surface area contributed by atoms with Crippen LogP contribution in [0, 0.1) is 5.92 Å². The number of methoxy groups -OCH3 is 1. The summed E-state index contributed by atoms with van der Waals surface area (Å²) in [6.07, 6.45) is 4.87. The Balaban J connectivity index is 2.61. The molecule has 0 aliphatic rings. The molecule has 0 atom stereocenters. The van der Waals surface area contributed by atoms with Crippen LogP contribution in [-0.2, 0) is 16.1 Å². The molecule has 21 heavy (non-hydrogen) atoms. The SMILES string of the molecule is COc1ccc(C=CC(=O)O)cc1COCCCC(C)C. The maximum Gasteiger partial charge on any atom is 0.328 e. The Labute approximate surface area is 126 Å². The lowest BCUT2D eigenvalue weighted by Crippen LogP contribution is -2.00. The highest BCUT2D eigenvalue weighted by Crippen LogP contribution is 2.21. The second kappa shape index (κ2) is 9.19. The van der Waals surface area contributed by atoms with Crippen LogP contribution in [0.2, 0.25) is 0 Å². The summed E-state index contributed by atoms with van der Waals surface area (Å²) in [5, 5.41) is 8.65. The Kier molecular flexibility index (Phi) is 7.54. The highest BCUT2D eigenvalue weighted by Gasteiger charge is 2.04. The highest BCUT2D eigenvalue weighted by molar-refractivity contribution is 5.85. The van der Waals surface area contributed by atoms with Crippen molar-refractivity contribution in [3.05, 3.63) is 35.4 Å². The molecule has 0 aliphatic carbocycles. The number of carboxylic acid groups (broad SMARTS) is 1. The third-order valence-corrected chi connectivity index (χ3v) is 3.05. The average Bonchev–Trinajstić information content (AvgIpc) is 2.44. The summed E-state index contributed by atoms with van der Waals surface area (Å²) in [7, 11) is 1.62. The third kappa shape index (κ3) is 6.95. The van der Waals surface area contributed by atoms with Crippen LogP contribution < -0.4 is 4.74 Å². The van der Waals surface area contributed by atoms with Gasteiger partial charge in [0.25, 0.3) is 0 Å². The molecule has 1 aromatic rings. The molecule has 0 fully saturated rings. The van der Waals surface area contributed by atoms with Crippen LogP contribution in [0.1, 0.15) is 37.8 Å². The Bertz CT molecular complexity index is 478. The summed E-state index contributed by atoms with van der Waals surface area (Å²) < 4.78 is 11.0. The molecule has 0 saturated heterocycles. The monoisotopic (exact) mass is 292 g/mol. The highest BCUT2D eigenvalue weighted by atomic mass is 16.5. The lowest BCUT2D eigenvalue weighted by molar-refractivity contribution is -0.131. The van der Waals surface area contributed by atoms with E-state index in [0.29, 0.717) is 12.5 Å². The van der Waals surface area contributed by atoms with Crippen LogP contribution in [0.3, 0.4) is 0 Å². The average molecular weight is 292 g/mol. The molecule has 4 heteroatoms. The summed E-state index contributed by atoms with van der Waals surface area (Å²) in [5.41, 5.74) is 1.74. The number of carboxylic acids is 1. The summed E-state index contributed by atoms with van der Waals surface area (Å²) in [5.74, 6) is 0.483. The first kappa shape index (κ1) is 17.2. The van der Waals surface area contributed by atoms with Crippen LogP contribution in [0.15, 0.2) is 24.3 Å². The van der Waals surface area contributed by atoms with E-state index in [4.69, 9.17) is 14.6 Å². The number of hydrogen-bond donors (Lipinski definition) is 1. The van der Waals surface area contributed by atoms with Crippen LogP contribution in [0.25, 0.3) is 6.08 Å². The van der Waals surface area contributed by atoms with Crippen molar-refractivity contribution < 1.29 is 19.4 Å². The Morgan fingerprint density at radius 2 is 2.14 bits per heavy atom. The largest absolute Gasteiger partial charge is 0.496 e. The molecule has 4 nitrogen and oxygen atoms in total. The minimum atomic E-state index is -0.961. The molecule has 1 aromatic carbocycles. The Morgan fingerprint density at radius 1 is 1.38 bits per heavy atom. The van der Waals surface area contributed by atoms with Gasteiger partial charge in [-0.15, -0.1) is 0 Å². The smallest absolute Gasteiger partial charge is 0.328 e. The van der Waals surface area contributed by atoms with Crippen molar-refractivity contribution in [3.63, 3.8) is 0 Å². The first-order valence-electron chi connectivity index (χ1n) is 7.18. The molecular formula is C17H24O4. The normalized spacial score (nSPS) is 11.2. The summed E-state index contributed by atoms with van der Waals surface area (Å²) in [6, 6.07) is 5.54. The van der Waals surface area contributed by atoms with Crippen LogP contribution >= 0.6 is 0 Å². The van der Waals surface area contributed by atoms with Gasteiger partial charge in [-0.25, -0.2) is 4.79 Å². The standard InChI is InChI=1S/C17H24O4/c1-13(2)5-4-10-21-12-15-11-14(7-9-17(18)19)6-8-16(15)20-3/h6-9,11,13H,4-5,10,12H2,1-3H3,(H,18,19). The molecule has 0 saturated carbocycles. The van der Waals surface area contributed by atoms with E-state index in [1.165, 1.54) is 0 Å². The maximum absolute atomic E-state index is 10.5. The van der Waals surface area contributed by atoms with Crippen molar-refractivity contribution >= 4 is 12.0 Å². The summed E-state index contributed by atoms with van der Waals surface area (Å²) >= 11 is 0. The Hall–Kier alpha value is -1.81. The quantitative estimate of drug-likeness (QED) is 0.556. The molecule has 116 valence electrons. The van der Waals surface area contributed by atoms with Gasteiger partial charge in [0.2, 0.25) is 0 Å². The number of ether oxygens (including phenoxy) is 2. The van der Waals surface area contributed by atoms with E-state index in [9.17, 15) is 4.79 Å². The lowest BCUT2D eigenvalue weighted by atomic mass is 10.1. The fourth-order valence-corrected chi connectivity index (χ4v) is 1.96. The fraction of sp³-hybridized carbons (Fsp3) is 0.471. The molecule has 0 aliphatic heterocycles. The van der Waals surface area contributed by atoms with Gasteiger partial charge in [-0.2, -0.15) is 0 Å². The summed E-state index contributed by atoms with van der Waals surface area (Å²) in [4.78, 5) is 10.5. The van der Waals surface area contributed by atoms with Gasteiger partial charge < -0.3 is 14.6 Å². The number of benzene rings is 1. The van der Waals surface area contributed by atoms with Gasteiger partial charge in [-0.1, -0.05) is 19.9 Å². The minimum Gasteiger partial charge on any atom is -0.496 e. The molecule has 0 unspecified atom stereocenters. The number of aliphatic carboxylic acids is 1. The van der Waals surface area contributed by atoms with Crippen molar-refractivity contribution in [2.45, 2.75) is 33.3 Å². The zero-order chi connectivity index (χ0) is 15.7. The summed E-state index contributed by atoms with van der Waals surface area (Å²) in [6.45, 7) is 5.58. The molecule has 0 spiro atoms. The van der Waals surface area contributed by atoms with Crippen molar-refractivity contribution in [2.24, 2.45) is 5.92 Å². The molecule has 0 radical (unpaired) electrons.